The van der Waals surface area contributed by atoms with Crippen molar-refractivity contribution in [3.63, 3.8) is 0 Å². The van der Waals surface area contributed by atoms with Crippen molar-refractivity contribution in [1.29, 1.82) is 0 Å². The normalized spacial score (nSPS) is 11.5. The Morgan fingerprint density at radius 2 is 1.66 bits per heavy atom. The number of aromatic nitrogens is 4. The molecule has 0 saturated carbocycles. The minimum atomic E-state index is -0.128. The summed E-state index contributed by atoms with van der Waals surface area (Å²) in [7, 11) is 0. The number of thioether (sulfide) groups is 1. The van der Waals surface area contributed by atoms with E-state index >= 15 is 0 Å². The van der Waals surface area contributed by atoms with Crippen LogP contribution in [0.25, 0.3) is 22.4 Å². The first-order valence-electron chi connectivity index (χ1n) is 11.5. The Hall–Kier alpha value is -3.71. The summed E-state index contributed by atoms with van der Waals surface area (Å²) in [6.45, 7) is 9.70. The zero-order valence-electron chi connectivity index (χ0n) is 20.4. The van der Waals surface area contributed by atoms with Crippen LogP contribution in [-0.2, 0) is 5.75 Å². The molecule has 35 heavy (non-hydrogen) atoms. The molecule has 176 valence electrons. The molecule has 0 N–H and O–H groups in total. The van der Waals surface area contributed by atoms with E-state index in [0.29, 0.717) is 22.1 Å². The molecule has 0 aliphatic heterocycles. The highest BCUT2D eigenvalue weighted by Crippen LogP contribution is 2.30. The number of nitrogens with zero attached hydrogens (tertiary/aromatic N) is 4. The van der Waals surface area contributed by atoms with Gasteiger partial charge in [-0.3, -0.25) is 14.0 Å². The molecule has 2 aromatic heterocycles. The fourth-order valence-corrected chi connectivity index (χ4v) is 5.95. The van der Waals surface area contributed by atoms with Gasteiger partial charge in [-0.25, -0.2) is 4.57 Å². The van der Waals surface area contributed by atoms with Crippen molar-refractivity contribution in [2.24, 2.45) is 0 Å². The molecule has 0 unspecified atom stereocenters. The Balaban J connectivity index is 1.68. The molecular weight excluding hydrogens is 456 g/mol. The number of ketones is 1. The molecule has 5 aromatic rings. The molecule has 0 aliphatic rings. The van der Waals surface area contributed by atoms with E-state index < -0.39 is 0 Å². The van der Waals surface area contributed by atoms with Crippen LogP contribution >= 0.6 is 11.8 Å². The SMILES string of the molecule is CC(=O)c1c(C)cc(C)c(CSc2nnc3n(-c4ccc(C)cc4)c(=O)c4ccccc4n23)c1C. The van der Waals surface area contributed by atoms with E-state index in [0.717, 1.165) is 44.6 Å². The molecule has 0 saturated heterocycles. The number of aryl methyl sites for hydroxylation is 3. The Labute approximate surface area is 207 Å². The first-order valence-corrected chi connectivity index (χ1v) is 12.5. The predicted octanol–water partition coefficient (Wildman–Crippen LogP) is 5.76. The van der Waals surface area contributed by atoms with E-state index in [1.54, 1.807) is 23.3 Å². The number of hydrogen-bond donors (Lipinski definition) is 0. The van der Waals surface area contributed by atoms with Crippen molar-refractivity contribution >= 4 is 34.2 Å². The third-order valence-corrected chi connectivity index (χ3v) is 7.47. The van der Waals surface area contributed by atoms with Gasteiger partial charge in [0.25, 0.3) is 5.56 Å². The quantitative estimate of drug-likeness (QED) is 0.235. The van der Waals surface area contributed by atoms with E-state index in [1.807, 2.05) is 73.7 Å². The van der Waals surface area contributed by atoms with Crippen LogP contribution in [0.15, 0.2) is 64.5 Å². The van der Waals surface area contributed by atoms with Crippen molar-refractivity contribution in [1.82, 2.24) is 19.2 Å². The van der Waals surface area contributed by atoms with Crippen molar-refractivity contribution in [2.45, 2.75) is 45.5 Å². The summed E-state index contributed by atoms with van der Waals surface area (Å²) in [6.07, 6.45) is 0. The van der Waals surface area contributed by atoms with Crippen LogP contribution in [-0.4, -0.2) is 24.9 Å². The van der Waals surface area contributed by atoms with Gasteiger partial charge >= 0.3 is 0 Å². The highest BCUT2D eigenvalue weighted by atomic mass is 32.2. The standard InChI is InChI=1S/C28H26N4O2S/c1-16-10-12-21(13-11-16)31-26(34)22-8-6-7-9-24(22)32-27(31)29-30-28(32)35-15-23-17(2)14-18(3)25(19(23)4)20(5)33/h6-14H,15H2,1-5H3. The van der Waals surface area contributed by atoms with Gasteiger partial charge in [-0.05, 0) is 81.1 Å². The molecule has 0 amide bonds. The molecule has 0 aliphatic carbocycles. The first-order chi connectivity index (χ1) is 16.8. The number of carbonyl (C=O) groups is 1. The molecule has 0 bridgehead atoms. The summed E-state index contributed by atoms with van der Waals surface area (Å²) in [5.41, 5.74) is 7.58. The second kappa shape index (κ2) is 8.82. The average Bonchev–Trinajstić information content (AvgIpc) is 3.23. The molecule has 0 spiro atoms. The summed E-state index contributed by atoms with van der Waals surface area (Å²) in [5.74, 6) is 1.19. The highest BCUT2D eigenvalue weighted by molar-refractivity contribution is 7.98. The Morgan fingerprint density at radius 3 is 2.37 bits per heavy atom. The molecule has 6 nitrogen and oxygen atoms in total. The number of carbonyl (C=O) groups excluding carboxylic acids is 1. The first kappa shape index (κ1) is 23.1. The number of fused-ring (bicyclic) bond motifs is 3. The third-order valence-electron chi connectivity index (χ3n) is 6.52. The predicted molar refractivity (Wildman–Crippen MR) is 141 cm³/mol. The summed E-state index contributed by atoms with van der Waals surface area (Å²) in [5, 5.41) is 10.2. The van der Waals surface area contributed by atoms with Crippen LogP contribution < -0.4 is 5.56 Å². The van der Waals surface area contributed by atoms with Crippen molar-refractivity contribution in [3.8, 4) is 5.69 Å². The second-order valence-electron chi connectivity index (χ2n) is 8.95. The maximum absolute atomic E-state index is 13.5. The van der Waals surface area contributed by atoms with Gasteiger partial charge in [0.15, 0.2) is 10.9 Å². The minimum absolute atomic E-state index is 0.0762. The van der Waals surface area contributed by atoms with Gasteiger partial charge in [-0.2, -0.15) is 0 Å². The zero-order valence-corrected chi connectivity index (χ0v) is 21.2. The summed E-state index contributed by atoms with van der Waals surface area (Å²) in [6, 6.07) is 17.4. The Bertz CT molecular complexity index is 1680. The highest BCUT2D eigenvalue weighted by Gasteiger charge is 2.19. The van der Waals surface area contributed by atoms with Crippen molar-refractivity contribution < 1.29 is 4.79 Å². The Morgan fingerprint density at radius 1 is 0.943 bits per heavy atom. The molecule has 5 rings (SSSR count). The Kier molecular flexibility index (Phi) is 5.81. The van der Waals surface area contributed by atoms with Gasteiger partial charge in [-0.1, -0.05) is 47.7 Å². The van der Waals surface area contributed by atoms with Gasteiger partial charge in [0, 0.05) is 11.3 Å². The smallest absolute Gasteiger partial charge is 0.267 e. The van der Waals surface area contributed by atoms with Gasteiger partial charge < -0.3 is 0 Å². The van der Waals surface area contributed by atoms with E-state index in [9.17, 15) is 9.59 Å². The molecule has 7 heteroatoms. The molecule has 0 atom stereocenters. The van der Waals surface area contributed by atoms with E-state index in [4.69, 9.17) is 0 Å². The maximum Gasteiger partial charge on any atom is 0.267 e. The van der Waals surface area contributed by atoms with Gasteiger partial charge in [-0.15, -0.1) is 10.2 Å². The van der Waals surface area contributed by atoms with Gasteiger partial charge in [0.1, 0.15) is 0 Å². The van der Waals surface area contributed by atoms with E-state index in [1.165, 1.54) is 0 Å². The molecule has 2 heterocycles. The van der Waals surface area contributed by atoms with Crippen molar-refractivity contribution in [3.05, 3.63) is 98.3 Å². The number of benzene rings is 3. The summed E-state index contributed by atoms with van der Waals surface area (Å²) in [4.78, 5) is 25.7. The molecule has 0 radical (unpaired) electrons. The van der Waals surface area contributed by atoms with Crippen LogP contribution in [0, 0.1) is 27.7 Å². The monoisotopic (exact) mass is 482 g/mol. The zero-order chi connectivity index (χ0) is 24.9. The maximum atomic E-state index is 13.5. The summed E-state index contributed by atoms with van der Waals surface area (Å²) < 4.78 is 3.57. The average molecular weight is 483 g/mol. The number of hydrogen-bond acceptors (Lipinski definition) is 5. The van der Waals surface area contributed by atoms with Crippen LogP contribution in [0.4, 0.5) is 0 Å². The lowest BCUT2D eigenvalue weighted by Gasteiger charge is -2.15. The molecule has 0 fully saturated rings. The van der Waals surface area contributed by atoms with Crippen LogP contribution in [0.3, 0.4) is 0 Å². The van der Waals surface area contributed by atoms with Gasteiger partial charge in [0.2, 0.25) is 5.78 Å². The second-order valence-corrected chi connectivity index (χ2v) is 9.89. The topological polar surface area (TPSA) is 69.3 Å². The lowest BCUT2D eigenvalue weighted by molar-refractivity contribution is 0.101. The van der Waals surface area contributed by atoms with Crippen LogP contribution in [0.2, 0.25) is 0 Å². The van der Waals surface area contributed by atoms with E-state index in [-0.39, 0.29) is 11.3 Å². The fraction of sp³-hybridized carbons (Fsp3) is 0.214. The molecular formula is C28H26N4O2S. The minimum Gasteiger partial charge on any atom is -0.294 e. The lowest BCUT2D eigenvalue weighted by atomic mass is 9.92. The number of rotatable bonds is 5. The van der Waals surface area contributed by atoms with E-state index in [2.05, 4.69) is 23.2 Å². The number of Topliss-reactive ketones (excluding diaryl/α,β-unsaturated/α-hetero) is 1. The van der Waals surface area contributed by atoms with Crippen LogP contribution in [0.5, 0.6) is 0 Å². The number of para-hydroxylation sites is 1. The fourth-order valence-electron chi connectivity index (χ4n) is 4.83. The summed E-state index contributed by atoms with van der Waals surface area (Å²) >= 11 is 1.55. The molecule has 3 aromatic carbocycles. The van der Waals surface area contributed by atoms with Crippen LogP contribution in [0.1, 0.15) is 45.1 Å². The largest absolute Gasteiger partial charge is 0.294 e. The lowest BCUT2D eigenvalue weighted by Crippen LogP contribution is -2.21. The van der Waals surface area contributed by atoms with Crippen molar-refractivity contribution in [2.75, 3.05) is 0 Å². The van der Waals surface area contributed by atoms with Gasteiger partial charge in [0.05, 0.1) is 16.6 Å². The third kappa shape index (κ3) is 3.86.